The largest absolute Gasteiger partial charge is 0.343 e. The Morgan fingerprint density at radius 2 is 1.45 bits per heavy atom. The van der Waals surface area contributed by atoms with Crippen molar-refractivity contribution in [2.24, 2.45) is 0 Å². The molecule has 2 heterocycles. The quantitative estimate of drug-likeness (QED) is 0.415. The predicted molar refractivity (Wildman–Crippen MR) is 92.7 cm³/mol. The van der Waals surface area contributed by atoms with Crippen LogP contribution in [0.25, 0.3) is 32.9 Å². The van der Waals surface area contributed by atoms with Crippen molar-refractivity contribution in [3.05, 3.63) is 66.7 Å². The molecule has 0 fully saturated rings. The topological polar surface area (TPSA) is 16.1 Å². The molecule has 0 bridgehead atoms. The smallest absolute Gasteiger partial charge is 0.0830 e. The van der Waals surface area contributed by atoms with Crippen LogP contribution in [0.5, 0.6) is 0 Å². The number of benzene rings is 3. The molecule has 0 radical (unpaired) electrons. The van der Waals surface area contributed by atoms with E-state index in [4.69, 9.17) is 4.98 Å². The van der Waals surface area contributed by atoms with Crippen LogP contribution in [0.3, 0.4) is 0 Å². The molecule has 0 unspecified atom stereocenters. The van der Waals surface area contributed by atoms with E-state index in [2.05, 4.69) is 78.7 Å². The predicted octanol–water partition coefficient (Wildman–Crippen LogP) is 5.14. The van der Waals surface area contributed by atoms with Gasteiger partial charge in [0.25, 0.3) is 0 Å². The number of hydrogen-bond donors (Lipinski definition) is 0. The Bertz CT molecular complexity index is 1050. The monoisotopic (exact) mass is 282 g/mol. The van der Waals surface area contributed by atoms with E-state index in [1.807, 2.05) is 0 Å². The number of fused-ring (bicyclic) bond motifs is 4. The third-order valence-electron chi connectivity index (χ3n) is 4.59. The Morgan fingerprint density at radius 1 is 0.727 bits per heavy atom. The Kier molecular flexibility index (Phi) is 2.18. The van der Waals surface area contributed by atoms with Gasteiger partial charge in [-0.3, -0.25) is 0 Å². The summed E-state index contributed by atoms with van der Waals surface area (Å²) in [4.78, 5) is 7.25. The minimum absolute atomic E-state index is 1.06. The molecule has 2 nitrogen and oxygen atoms in total. The molecule has 0 saturated heterocycles. The summed E-state index contributed by atoms with van der Waals surface area (Å²) in [6.07, 6.45) is 0. The molecule has 1 aromatic heterocycles. The lowest BCUT2D eigenvalue weighted by molar-refractivity contribution is 1.20. The number of aromatic nitrogens is 1. The summed E-state index contributed by atoms with van der Waals surface area (Å²) in [7, 11) is 2.13. The minimum Gasteiger partial charge on any atom is -0.343 e. The van der Waals surface area contributed by atoms with E-state index in [0.29, 0.717) is 0 Å². The minimum atomic E-state index is 1.06. The number of nitrogens with zero attached hydrogens (tertiary/aromatic N) is 2. The van der Waals surface area contributed by atoms with Gasteiger partial charge in [0, 0.05) is 23.4 Å². The SMILES string of the molecule is CN1c2ccccc2-c2nc3ccccc3c3cccc1c23. The lowest BCUT2D eigenvalue weighted by Gasteiger charge is -2.29. The first-order valence-electron chi connectivity index (χ1n) is 7.49. The highest BCUT2D eigenvalue weighted by Crippen LogP contribution is 2.47. The second-order valence-corrected chi connectivity index (χ2v) is 5.75. The van der Waals surface area contributed by atoms with Crippen LogP contribution in [0.4, 0.5) is 11.4 Å². The maximum atomic E-state index is 4.98. The molecule has 0 N–H and O–H groups in total. The second-order valence-electron chi connectivity index (χ2n) is 5.75. The van der Waals surface area contributed by atoms with E-state index in [-0.39, 0.29) is 0 Å². The number of hydrogen-bond acceptors (Lipinski definition) is 2. The fraction of sp³-hybridized carbons (Fsp3) is 0.0500. The summed E-state index contributed by atoms with van der Waals surface area (Å²) in [5.41, 5.74) is 5.80. The summed E-state index contributed by atoms with van der Waals surface area (Å²) in [6, 6.07) is 23.4. The van der Waals surface area contributed by atoms with Crippen molar-refractivity contribution in [2.45, 2.75) is 0 Å². The lowest BCUT2D eigenvalue weighted by Crippen LogP contribution is -2.15. The first-order valence-corrected chi connectivity index (χ1v) is 7.49. The van der Waals surface area contributed by atoms with E-state index in [1.54, 1.807) is 0 Å². The Labute approximate surface area is 128 Å². The third kappa shape index (κ3) is 1.37. The van der Waals surface area contributed by atoms with Gasteiger partial charge in [0.15, 0.2) is 0 Å². The molecule has 1 aliphatic heterocycles. The molecule has 22 heavy (non-hydrogen) atoms. The van der Waals surface area contributed by atoms with Gasteiger partial charge < -0.3 is 4.90 Å². The van der Waals surface area contributed by atoms with Crippen molar-refractivity contribution in [3.63, 3.8) is 0 Å². The van der Waals surface area contributed by atoms with Crippen molar-refractivity contribution in [1.82, 2.24) is 4.98 Å². The molecule has 104 valence electrons. The zero-order valence-electron chi connectivity index (χ0n) is 12.2. The number of para-hydroxylation sites is 2. The summed E-state index contributed by atoms with van der Waals surface area (Å²) in [6.45, 7) is 0. The van der Waals surface area contributed by atoms with Crippen LogP contribution in [0.2, 0.25) is 0 Å². The molecule has 0 atom stereocenters. The van der Waals surface area contributed by atoms with Gasteiger partial charge in [0.05, 0.1) is 22.6 Å². The maximum absolute atomic E-state index is 4.98. The third-order valence-corrected chi connectivity index (χ3v) is 4.59. The van der Waals surface area contributed by atoms with Crippen LogP contribution in [-0.2, 0) is 0 Å². The van der Waals surface area contributed by atoms with E-state index in [1.165, 1.54) is 33.1 Å². The molecule has 0 amide bonds. The highest BCUT2D eigenvalue weighted by Gasteiger charge is 2.23. The first-order chi connectivity index (χ1) is 10.8. The van der Waals surface area contributed by atoms with E-state index in [9.17, 15) is 0 Å². The molecule has 3 aromatic carbocycles. The first kappa shape index (κ1) is 11.8. The lowest BCUT2D eigenvalue weighted by atomic mass is 9.94. The van der Waals surface area contributed by atoms with Gasteiger partial charge in [-0.25, -0.2) is 4.98 Å². The van der Waals surface area contributed by atoms with Crippen molar-refractivity contribution >= 4 is 33.1 Å². The van der Waals surface area contributed by atoms with Crippen LogP contribution < -0.4 is 4.90 Å². The molecule has 5 rings (SSSR count). The van der Waals surface area contributed by atoms with Crippen LogP contribution in [0.1, 0.15) is 0 Å². The average molecular weight is 282 g/mol. The fourth-order valence-electron chi connectivity index (χ4n) is 3.56. The fourth-order valence-corrected chi connectivity index (χ4v) is 3.56. The molecule has 0 spiro atoms. The highest BCUT2D eigenvalue weighted by atomic mass is 15.1. The van der Waals surface area contributed by atoms with Crippen LogP contribution in [-0.4, -0.2) is 12.0 Å². The molecular weight excluding hydrogens is 268 g/mol. The van der Waals surface area contributed by atoms with Crippen molar-refractivity contribution in [2.75, 3.05) is 11.9 Å². The van der Waals surface area contributed by atoms with E-state index in [0.717, 1.165) is 11.2 Å². The summed E-state index contributed by atoms with van der Waals surface area (Å²) < 4.78 is 0. The van der Waals surface area contributed by atoms with Crippen LogP contribution in [0.15, 0.2) is 66.7 Å². The zero-order chi connectivity index (χ0) is 14.7. The molecule has 0 saturated carbocycles. The van der Waals surface area contributed by atoms with E-state index < -0.39 is 0 Å². The summed E-state index contributed by atoms with van der Waals surface area (Å²) in [5.74, 6) is 0. The normalized spacial score (nSPS) is 12.7. The van der Waals surface area contributed by atoms with Gasteiger partial charge in [0.2, 0.25) is 0 Å². The molecule has 2 heteroatoms. The van der Waals surface area contributed by atoms with Crippen LogP contribution >= 0.6 is 0 Å². The van der Waals surface area contributed by atoms with Gasteiger partial charge in [0.1, 0.15) is 0 Å². The van der Waals surface area contributed by atoms with Crippen molar-refractivity contribution in [3.8, 4) is 11.3 Å². The number of pyridine rings is 1. The maximum Gasteiger partial charge on any atom is 0.0830 e. The van der Waals surface area contributed by atoms with E-state index >= 15 is 0 Å². The highest BCUT2D eigenvalue weighted by molar-refractivity contribution is 6.18. The number of rotatable bonds is 0. The summed E-state index contributed by atoms with van der Waals surface area (Å²) >= 11 is 0. The van der Waals surface area contributed by atoms with Crippen molar-refractivity contribution < 1.29 is 0 Å². The number of anilines is 2. The summed E-state index contributed by atoms with van der Waals surface area (Å²) in [5, 5.41) is 3.75. The molecular formula is C20H14N2. The van der Waals surface area contributed by atoms with Gasteiger partial charge in [-0.05, 0) is 23.6 Å². The van der Waals surface area contributed by atoms with Crippen molar-refractivity contribution in [1.29, 1.82) is 0 Å². The second kappa shape index (κ2) is 4.08. The Morgan fingerprint density at radius 3 is 2.41 bits per heavy atom. The standard InChI is InChI=1S/C20H14N2/c1-22-17-11-5-3-8-15(17)20-19-14(9-6-12-18(19)22)13-7-2-4-10-16(13)21-20/h2-12H,1H3. The average Bonchev–Trinajstić information content (AvgIpc) is 2.59. The van der Waals surface area contributed by atoms with Crippen LogP contribution in [0, 0.1) is 0 Å². The van der Waals surface area contributed by atoms with Gasteiger partial charge in [-0.2, -0.15) is 0 Å². The van der Waals surface area contributed by atoms with Gasteiger partial charge >= 0.3 is 0 Å². The Balaban J connectivity index is 2.08. The zero-order valence-corrected chi connectivity index (χ0v) is 12.2. The molecule has 1 aliphatic rings. The molecule has 4 aromatic rings. The molecule has 0 aliphatic carbocycles. The Hall–Kier alpha value is -2.87. The van der Waals surface area contributed by atoms with Gasteiger partial charge in [-0.1, -0.05) is 48.5 Å². The van der Waals surface area contributed by atoms with Gasteiger partial charge in [-0.15, -0.1) is 0 Å².